The van der Waals surface area contributed by atoms with Crippen molar-refractivity contribution in [1.82, 2.24) is 19.6 Å². The molecule has 0 atom stereocenters. The fourth-order valence-electron chi connectivity index (χ4n) is 3.70. The number of ether oxygens (including phenoxy) is 1. The van der Waals surface area contributed by atoms with Crippen LogP contribution in [0.15, 0.2) is 60.8 Å². The molecule has 2 aromatic carbocycles. The Hall–Kier alpha value is -3.12. The van der Waals surface area contributed by atoms with Crippen molar-refractivity contribution in [1.29, 1.82) is 0 Å². The highest BCUT2D eigenvalue weighted by Crippen LogP contribution is 2.32. The van der Waals surface area contributed by atoms with Crippen molar-refractivity contribution < 1.29 is 9.53 Å². The molecule has 0 radical (unpaired) electrons. The third-order valence-corrected chi connectivity index (χ3v) is 5.33. The van der Waals surface area contributed by atoms with Gasteiger partial charge in [0.25, 0.3) is 5.91 Å². The average molecular weight is 390 g/mol. The zero-order chi connectivity index (χ0) is 20.2. The number of hydrogen-bond acceptors (Lipinski definition) is 4. The van der Waals surface area contributed by atoms with Crippen molar-refractivity contribution in [2.24, 2.45) is 0 Å². The molecule has 150 valence electrons. The van der Waals surface area contributed by atoms with E-state index in [-0.39, 0.29) is 5.91 Å². The van der Waals surface area contributed by atoms with Gasteiger partial charge in [0.2, 0.25) is 0 Å². The monoisotopic (exact) mass is 390 g/mol. The van der Waals surface area contributed by atoms with E-state index in [1.54, 1.807) is 11.8 Å². The molecule has 1 aromatic heterocycles. The van der Waals surface area contributed by atoms with Crippen molar-refractivity contribution in [2.75, 3.05) is 40.3 Å². The molecule has 1 saturated heterocycles. The number of hydrogen-bond donors (Lipinski definition) is 0. The molecule has 6 nitrogen and oxygen atoms in total. The quantitative estimate of drug-likeness (QED) is 0.686. The Morgan fingerprint density at radius 3 is 2.52 bits per heavy atom. The predicted molar refractivity (Wildman–Crippen MR) is 114 cm³/mol. The maximum atomic E-state index is 13.5. The van der Waals surface area contributed by atoms with E-state index in [0.29, 0.717) is 17.0 Å². The van der Waals surface area contributed by atoms with Crippen LogP contribution in [0.1, 0.15) is 16.8 Å². The van der Waals surface area contributed by atoms with E-state index >= 15 is 0 Å². The summed E-state index contributed by atoms with van der Waals surface area (Å²) in [7, 11) is 3.74. The highest BCUT2D eigenvalue weighted by Gasteiger charge is 2.26. The lowest BCUT2D eigenvalue weighted by molar-refractivity contribution is 0.0763. The third kappa shape index (κ3) is 4.03. The number of methoxy groups -OCH3 is 1. The Morgan fingerprint density at radius 2 is 1.72 bits per heavy atom. The zero-order valence-electron chi connectivity index (χ0n) is 16.9. The molecule has 1 aliphatic heterocycles. The van der Waals surface area contributed by atoms with Crippen LogP contribution < -0.4 is 4.74 Å². The molecular weight excluding hydrogens is 364 g/mol. The van der Waals surface area contributed by atoms with Gasteiger partial charge in [-0.15, -0.1) is 0 Å². The van der Waals surface area contributed by atoms with Crippen molar-refractivity contribution in [3.05, 3.63) is 66.4 Å². The second-order valence-corrected chi connectivity index (χ2v) is 7.32. The Labute approximate surface area is 171 Å². The van der Waals surface area contributed by atoms with Gasteiger partial charge < -0.3 is 14.5 Å². The van der Waals surface area contributed by atoms with Crippen LogP contribution in [-0.4, -0.2) is 65.8 Å². The van der Waals surface area contributed by atoms with Crippen LogP contribution in [0, 0.1) is 0 Å². The van der Waals surface area contributed by atoms with E-state index in [1.807, 2.05) is 65.7 Å². The van der Waals surface area contributed by atoms with Crippen LogP contribution in [0.4, 0.5) is 0 Å². The lowest BCUT2D eigenvalue weighted by Gasteiger charge is -2.20. The van der Waals surface area contributed by atoms with Gasteiger partial charge in [0.15, 0.2) is 0 Å². The van der Waals surface area contributed by atoms with Crippen LogP contribution >= 0.6 is 0 Å². The Balaban J connectivity index is 1.79. The first-order valence-corrected chi connectivity index (χ1v) is 9.93. The van der Waals surface area contributed by atoms with Gasteiger partial charge in [-0.1, -0.05) is 30.3 Å². The van der Waals surface area contributed by atoms with E-state index < -0.39 is 0 Å². The number of likely N-dealkylation sites (N-methyl/N-ethyl adjacent to an activating group) is 1. The Kier molecular flexibility index (Phi) is 5.62. The normalized spacial score (nSPS) is 15.2. The fraction of sp³-hybridized carbons (Fsp3) is 0.304. The van der Waals surface area contributed by atoms with Gasteiger partial charge in [0.1, 0.15) is 11.4 Å². The number of para-hydroxylation sites is 2. The van der Waals surface area contributed by atoms with Crippen LogP contribution in [-0.2, 0) is 0 Å². The van der Waals surface area contributed by atoms with Crippen LogP contribution in [0.3, 0.4) is 0 Å². The number of carbonyl (C=O) groups is 1. The van der Waals surface area contributed by atoms with E-state index in [0.717, 1.165) is 43.9 Å². The van der Waals surface area contributed by atoms with Gasteiger partial charge in [0, 0.05) is 31.4 Å². The first kappa shape index (κ1) is 19.2. The average Bonchev–Trinajstić information content (AvgIpc) is 3.10. The van der Waals surface area contributed by atoms with Crippen LogP contribution in [0.25, 0.3) is 16.9 Å². The molecule has 29 heavy (non-hydrogen) atoms. The highest BCUT2D eigenvalue weighted by molar-refractivity contribution is 6.00. The molecule has 1 aliphatic rings. The lowest BCUT2D eigenvalue weighted by atomic mass is 10.1. The fourth-order valence-corrected chi connectivity index (χ4v) is 3.70. The molecule has 1 amide bonds. The number of nitrogens with zero attached hydrogens (tertiary/aromatic N) is 4. The molecule has 4 rings (SSSR count). The molecule has 0 spiro atoms. The molecule has 3 aromatic rings. The second kappa shape index (κ2) is 8.49. The Morgan fingerprint density at radius 1 is 0.966 bits per heavy atom. The van der Waals surface area contributed by atoms with Crippen LogP contribution in [0.5, 0.6) is 5.75 Å². The highest BCUT2D eigenvalue weighted by atomic mass is 16.5. The summed E-state index contributed by atoms with van der Waals surface area (Å²) in [5.74, 6) is 0.721. The van der Waals surface area contributed by atoms with E-state index in [9.17, 15) is 4.79 Å². The molecule has 0 saturated carbocycles. The van der Waals surface area contributed by atoms with Gasteiger partial charge in [0.05, 0.1) is 18.4 Å². The molecule has 0 bridgehead atoms. The number of carbonyl (C=O) groups excluding carboxylic acids is 1. The minimum absolute atomic E-state index is 0.0170. The smallest absolute Gasteiger partial charge is 0.257 e. The summed E-state index contributed by atoms with van der Waals surface area (Å²) < 4.78 is 7.32. The van der Waals surface area contributed by atoms with E-state index in [2.05, 4.69) is 11.9 Å². The van der Waals surface area contributed by atoms with Crippen molar-refractivity contribution >= 4 is 5.91 Å². The van der Waals surface area contributed by atoms with Gasteiger partial charge in [-0.3, -0.25) is 4.79 Å². The maximum absolute atomic E-state index is 13.5. The molecule has 0 unspecified atom stereocenters. The molecule has 6 heteroatoms. The lowest BCUT2D eigenvalue weighted by Crippen LogP contribution is -2.34. The summed E-state index contributed by atoms with van der Waals surface area (Å²) in [4.78, 5) is 17.7. The largest absolute Gasteiger partial charge is 0.496 e. The van der Waals surface area contributed by atoms with Gasteiger partial charge in [-0.05, 0) is 44.3 Å². The molecule has 0 N–H and O–H groups in total. The van der Waals surface area contributed by atoms with E-state index in [1.165, 1.54) is 0 Å². The first-order valence-electron chi connectivity index (χ1n) is 9.93. The molecule has 1 fully saturated rings. The predicted octanol–water partition coefficient (Wildman–Crippen LogP) is 3.33. The third-order valence-electron chi connectivity index (χ3n) is 5.33. The summed E-state index contributed by atoms with van der Waals surface area (Å²) in [6, 6.07) is 17.6. The standard InChI is InChI=1S/C23H26N4O2/c1-25-13-8-14-26(16-15-25)23(28)20-17-27(18-9-4-3-5-10-18)24-22(20)19-11-6-7-12-21(19)29-2/h3-7,9-12,17H,8,13-16H2,1-2H3. The summed E-state index contributed by atoms with van der Waals surface area (Å²) >= 11 is 0. The Bertz CT molecular complexity index is 984. The SMILES string of the molecule is COc1ccccc1-c1nn(-c2ccccc2)cc1C(=O)N1CCCN(C)CC1. The summed E-state index contributed by atoms with van der Waals surface area (Å²) in [6.45, 7) is 3.36. The molecular formula is C23H26N4O2. The number of rotatable bonds is 4. The number of aromatic nitrogens is 2. The first-order chi connectivity index (χ1) is 14.2. The van der Waals surface area contributed by atoms with Gasteiger partial charge in [-0.2, -0.15) is 5.10 Å². The second-order valence-electron chi connectivity index (χ2n) is 7.32. The van der Waals surface area contributed by atoms with Gasteiger partial charge >= 0.3 is 0 Å². The summed E-state index contributed by atoms with van der Waals surface area (Å²) in [6.07, 6.45) is 2.81. The maximum Gasteiger partial charge on any atom is 0.257 e. The van der Waals surface area contributed by atoms with Crippen molar-refractivity contribution in [3.63, 3.8) is 0 Å². The minimum atomic E-state index is 0.0170. The van der Waals surface area contributed by atoms with Crippen molar-refractivity contribution in [2.45, 2.75) is 6.42 Å². The summed E-state index contributed by atoms with van der Waals surface area (Å²) in [5.41, 5.74) is 2.98. The number of amides is 1. The molecule has 2 heterocycles. The summed E-state index contributed by atoms with van der Waals surface area (Å²) in [5, 5.41) is 4.79. The molecule has 0 aliphatic carbocycles. The van der Waals surface area contributed by atoms with Crippen molar-refractivity contribution in [3.8, 4) is 22.7 Å². The topological polar surface area (TPSA) is 50.6 Å². The number of benzene rings is 2. The minimum Gasteiger partial charge on any atom is -0.496 e. The van der Waals surface area contributed by atoms with Crippen LogP contribution in [0.2, 0.25) is 0 Å². The van der Waals surface area contributed by atoms with E-state index in [4.69, 9.17) is 9.84 Å². The zero-order valence-corrected chi connectivity index (χ0v) is 16.9. The van der Waals surface area contributed by atoms with Gasteiger partial charge in [-0.25, -0.2) is 4.68 Å².